The number of ether oxygens (including phenoxy) is 6. The Bertz CT molecular complexity index is 913. The molecule has 0 aromatic carbocycles. The first-order valence-corrected chi connectivity index (χ1v) is 14.6. The number of likely N-dealkylation sites (tertiary alicyclic amines) is 1. The van der Waals surface area contributed by atoms with Crippen molar-refractivity contribution in [3.05, 3.63) is 0 Å². The number of imide groups is 1. The summed E-state index contributed by atoms with van der Waals surface area (Å²) in [6, 6.07) is -1.52. The SMILES string of the molecule is CC(=O)N[C@@H]1[C@H]2OC[C@](COCCOCCOCCOCCN3C(=O)CC(SC[C@H](N)C(C)=O)C3=O)(O2)[C@H](O)[C@@H]1O. The minimum Gasteiger partial charge on any atom is -0.388 e. The van der Waals surface area contributed by atoms with E-state index < -0.39 is 41.4 Å². The van der Waals surface area contributed by atoms with Crippen molar-refractivity contribution in [1.82, 2.24) is 10.2 Å². The molecule has 3 aliphatic rings. The molecule has 3 aliphatic heterocycles. The topological polar surface area (TPSA) is 205 Å². The van der Waals surface area contributed by atoms with Crippen LogP contribution in [0.15, 0.2) is 0 Å². The molecule has 3 saturated heterocycles. The lowest BCUT2D eigenvalue weighted by molar-refractivity contribution is -0.238. The smallest absolute Gasteiger partial charge is 0.242 e. The third kappa shape index (κ3) is 9.38. The van der Waals surface area contributed by atoms with Crippen LogP contribution in [0.1, 0.15) is 20.3 Å². The van der Waals surface area contributed by atoms with Crippen LogP contribution in [0, 0.1) is 0 Å². The summed E-state index contributed by atoms with van der Waals surface area (Å²) >= 11 is 1.23. The number of thioether (sulfide) groups is 1. The van der Waals surface area contributed by atoms with Gasteiger partial charge in [0.2, 0.25) is 17.7 Å². The highest BCUT2D eigenvalue weighted by atomic mass is 32.2. The molecule has 1 unspecified atom stereocenters. The van der Waals surface area contributed by atoms with E-state index in [9.17, 15) is 29.4 Å². The highest BCUT2D eigenvalue weighted by molar-refractivity contribution is 8.00. The third-order valence-electron chi connectivity index (χ3n) is 6.86. The zero-order valence-corrected chi connectivity index (χ0v) is 24.2. The second-order valence-corrected chi connectivity index (χ2v) is 11.3. The largest absolute Gasteiger partial charge is 0.388 e. The number of nitrogens with one attached hydrogen (secondary N) is 1. The maximum absolute atomic E-state index is 12.4. The number of amides is 3. The van der Waals surface area contributed by atoms with Crippen molar-refractivity contribution >= 4 is 35.3 Å². The summed E-state index contributed by atoms with van der Waals surface area (Å²) in [6.07, 6.45) is -3.33. The van der Waals surface area contributed by atoms with Crippen LogP contribution in [0.2, 0.25) is 0 Å². The number of carbonyl (C=O) groups excluding carboxylic acids is 4. The van der Waals surface area contributed by atoms with Crippen molar-refractivity contribution in [2.45, 2.75) is 61.7 Å². The highest BCUT2D eigenvalue weighted by Crippen LogP contribution is 2.37. The number of aliphatic hydroxyl groups is 2. The van der Waals surface area contributed by atoms with Crippen LogP contribution < -0.4 is 11.1 Å². The van der Waals surface area contributed by atoms with E-state index >= 15 is 0 Å². The molecule has 15 nitrogen and oxygen atoms in total. The predicted molar refractivity (Wildman–Crippen MR) is 143 cm³/mol. The van der Waals surface area contributed by atoms with Gasteiger partial charge in [-0.15, -0.1) is 11.8 Å². The average Bonchev–Trinajstić information content (AvgIpc) is 3.45. The van der Waals surface area contributed by atoms with Crippen LogP contribution in [-0.2, 0) is 47.6 Å². The van der Waals surface area contributed by atoms with Crippen LogP contribution in [0.4, 0.5) is 0 Å². The van der Waals surface area contributed by atoms with Gasteiger partial charge in [0.25, 0.3) is 0 Å². The zero-order chi connectivity index (χ0) is 30.0. The molecule has 41 heavy (non-hydrogen) atoms. The van der Waals surface area contributed by atoms with Gasteiger partial charge >= 0.3 is 0 Å². The number of carbonyl (C=O) groups is 4. The second kappa shape index (κ2) is 16.2. The van der Waals surface area contributed by atoms with Crippen LogP contribution >= 0.6 is 11.8 Å². The third-order valence-corrected chi connectivity index (χ3v) is 8.18. The molecule has 0 spiro atoms. The summed E-state index contributed by atoms with van der Waals surface area (Å²) in [5.74, 6) is -0.784. The molecule has 234 valence electrons. The Morgan fingerprint density at radius 1 is 1.07 bits per heavy atom. The molecule has 3 fully saturated rings. The van der Waals surface area contributed by atoms with Crippen LogP contribution in [0.5, 0.6) is 0 Å². The van der Waals surface area contributed by atoms with E-state index in [1.807, 2.05) is 0 Å². The quantitative estimate of drug-likeness (QED) is 0.0864. The lowest BCUT2D eigenvalue weighted by atomic mass is 9.88. The first kappa shape index (κ1) is 33.8. The maximum atomic E-state index is 12.4. The number of Topliss-reactive ketones (excluding diaryl/α,β-unsaturated/α-hetero) is 1. The molecule has 16 heteroatoms. The first-order chi connectivity index (χ1) is 19.6. The lowest BCUT2D eigenvalue weighted by Crippen LogP contribution is -2.66. The van der Waals surface area contributed by atoms with Crippen LogP contribution in [0.25, 0.3) is 0 Å². The van der Waals surface area contributed by atoms with Crippen molar-refractivity contribution < 1.29 is 57.8 Å². The van der Waals surface area contributed by atoms with Crippen molar-refractivity contribution in [3.63, 3.8) is 0 Å². The average molecular weight is 608 g/mol. The Morgan fingerprint density at radius 2 is 1.68 bits per heavy atom. The maximum Gasteiger partial charge on any atom is 0.242 e. The van der Waals surface area contributed by atoms with Gasteiger partial charge in [-0.2, -0.15) is 0 Å². The predicted octanol–water partition coefficient (Wildman–Crippen LogP) is -2.82. The molecular formula is C25H41N3O12S. The Labute approximate surface area is 242 Å². The lowest BCUT2D eigenvalue weighted by Gasteiger charge is -2.42. The van der Waals surface area contributed by atoms with Gasteiger partial charge in [-0.1, -0.05) is 0 Å². The Morgan fingerprint density at radius 3 is 2.29 bits per heavy atom. The standard InChI is InChI=1S/C25H41N3O12S/c1-15(29)17(26)12-41-18-11-19(31)28(23(18)34)3-4-35-5-6-36-7-8-37-9-10-38-13-25-14-39-24(40-25)20(27-16(2)30)21(32)22(25)33/h17-18,20-22,24,32-33H,3-14,26H2,1-2H3,(H,27,30)/t17-,18?,20-,21+,22+,24-,25-/m0/s1. The van der Waals surface area contributed by atoms with E-state index in [-0.39, 0.29) is 76.1 Å². The van der Waals surface area contributed by atoms with Gasteiger partial charge in [0.1, 0.15) is 29.6 Å². The summed E-state index contributed by atoms with van der Waals surface area (Å²) in [5.41, 5.74) is 4.47. The number of hydrogen-bond donors (Lipinski definition) is 4. The van der Waals surface area contributed by atoms with E-state index in [1.165, 1.54) is 30.5 Å². The van der Waals surface area contributed by atoms with Gasteiger partial charge in [-0.3, -0.25) is 24.1 Å². The van der Waals surface area contributed by atoms with Crippen molar-refractivity contribution in [2.75, 3.05) is 71.8 Å². The molecule has 0 aromatic rings. The van der Waals surface area contributed by atoms with E-state index in [2.05, 4.69) is 5.32 Å². The van der Waals surface area contributed by atoms with Gasteiger partial charge in [-0.25, -0.2) is 0 Å². The van der Waals surface area contributed by atoms with Crippen LogP contribution in [0.3, 0.4) is 0 Å². The van der Waals surface area contributed by atoms with E-state index in [0.717, 1.165) is 0 Å². The van der Waals surface area contributed by atoms with Crippen molar-refractivity contribution in [3.8, 4) is 0 Å². The molecular weight excluding hydrogens is 566 g/mol. The number of fused-ring (bicyclic) bond motifs is 2. The number of rotatable bonds is 19. The van der Waals surface area contributed by atoms with E-state index in [1.54, 1.807) is 0 Å². The molecule has 7 atom stereocenters. The van der Waals surface area contributed by atoms with Gasteiger partial charge in [0.15, 0.2) is 6.29 Å². The normalized spacial score (nSPS) is 30.2. The monoisotopic (exact) mass is 607 g/mol. The highest BCUT2D eigenvalue weighted by Gasteiger charge is 2.59. The Balaban J connectivity index is 1.16. The molecule has 0 aliphatic carbocycles. The summed E-state index contributed by atoms with van der Waals surface area (Å²) in [5, 5.41) is 22.9. The summed E-state index contributed by atoms with van der Waals surface area (Å²) in [6.45, 7) is 4.76. The molecule has 3 heterocycles. The fourth-order valence-electron chi connectivity index (χ4n) is 4.49. The molecule has 0 radical (unpaired) electrons. The minimum atomic E-state index is -1.30. The summed E-state index contributed by atoms with van der Waals surface area (Å²) in [4.78, 5) is 48.3. The second-order valence-electron chi connectivity index (χ2n) is 10.0. The van der Waals surface area contributed by atoms with Crippen molar-refractivity contribution in [2.24, 2.45) is 5.73 Å². The van der Waals surface area contributed by atoms with Gasteiger partial charge in [0, 0.05) is 19.1 Å². The Hall–Kier alpha value is -1.73. The fraction of sp³-hybridized carbons (Fsp3) is 0.840. The van der Waals surface area contributed by atoms with Crippen LogP contribution in [-0.4, -0.2) is 152 Å². The van der Waals surface area contributed by atoms with E-state index in [4.69, 9.17) is 34.2 Å². The number of aliphatic hydroxyl groups excluding tert-OH is 2. The zero-order valence-electron chi connectivity index (χ0n) is 23.4. The van der Waals surface area contributed by atoms with E-state index in [0.29, 0.717) is 25.6 Å². The first-order valence-electron chi connectivity index (χ1n) is 13.5. The molecule has 0 saturated carbocycles. The minimum absolute atomic E-state index is 0.0182. The van der Waals surface area contributed by atoms with Gasteiger partial charge < -0.3 is 49.7 Å². The fourth-order valence-corrected chi connectivity index (χ4v) is 5.69. The summed E-state index contributed by atoms with van der Waals surface area (Å²) in [7, 11) is 0. The molecule has 3 amide bonds. The number of nitrogens with two attached hydrogens (primary N) is 1. The van der Waals surface area contributed by atoms with Gasteiger partial charge in [-0.05, 0) is 6.92 Å². The summed E-state index contributed by atoms with van der Waals surface area (Å²) < 4.78 is 33.2. The number of hydrogen-bond acceptors (Lipinski definition) is 14. The Kier molecular flexibility index (Phi) is 13.3. The molecule has 0 aromatic heterocycles. The van der Waals surface area contributed by atoms with Gasteiger partial charge in [0.05, 0.1) is 77.3 Å². The number of ketones is 1. The van der Waals surface area contributed by atoms with Crippen molar-refractivity contribution in [1.29, 1.82) is 0 Å². The molecule has 5 N–H and O–H groups in total. The number of nitrogens with zero attached hydrogens (tertiary/aromatic N) is 1. The molecule has 2 bridgehead atoms. The molecule has 3 rings (SSSR count).